The second kappa shape index (κ2) is 7.26. The smallest absolute Gasteiger partial charge is 0.255 e. The van der Waals surface area contributed by atoms with Crippen LogP contribution in [0.25, 0.3) is 0 Å². The molecule has 0 aliphatic heterocycles. The van der Waals surface area contributed by atoms with E-state index in [0.29, 0.717) is 29.1 Å². The molecule has 2 N–H and O–H groups in total. The Morgan fingerprint density at radius 3 is 2.55 bits per heavy atom. The summed E-state index contributed by atoms with van der Waals surface area (Å²) in [5.74, 6) is 0.227. The van der Waals surface area contributed by atoms with Crippen molar-refractivity contribution < 1.29 is 14.3 Å². The van der Waals surface area contributed by atoms with Crippen LogP contribution in [0.1, 0.15) is 23.7 Å². The highest BCUT2D eigenvalue weighted by Crippen LogP contribution is 2.24. The minimum atomic E-state index is -0.267. The number of hydrogen-bond acceptors (Lipinski definition) is 3. The van der Waals surface area contributed by atoms with E-state index in [1.807, 2.05) is 12.1 Å². The molecule has 0 spiro atoms. The van der Waals surface area contributed by atoms with Gasteiger partial charge in [-0.05, 0) is 30.3 Å². The number of benzene rings is 2. The van der Waals surface area contributed by atoms with Crippen molar-refractivity contribution in [2.75, 3.05) is 17.7 Å². The van der Waals surface area contributed by atoms with Gasteiger partial charge in [0.05, 0.1) is 12.8 Å². The van der Waals surface area contributed by atoms with Crippen molar-refractivity contribution in [2.24, 2.45) is 0 Å². The SMILES string of the molecule is CCC(=O)Nc1cccc(C(=O)Nc2ccccc2OC)c1. The molecule has 0 fully saturated rings. The maximum atomic E-state index is 12.3. The third-order valence-electron chi connectivity index (χ3n) is 3.08. The van der Waals surface area contributed by atoms with Crippen molar-refractivity contribution in [3.63, 3.8) is 0 Å². The van der Waals surface area contributed by atoms with Gasteiger partial charge in [0, 0.05) is 17.7 Å². The van der Waals surface area contributed by atoms with Crippen molar-refractivity contribution >= 4 is 23.2 Å². The molecule has 0 radical (unpaired) electrons. The topological polar surface area (TPSA) is 67.4 Å². The highest BCUT2D eigenvalue weighted by molar-refractivity contribution is 6.06. The van der Waals surface area contributed by atoms with Crippen LogP contribution in [0.3, 0.4) is 0 Å². The zero-order chi connectivity index (χ0) is 15.9. The van der Waals surface area contributed by atoms with Crippen molar-refractivity contribution in [2.45, 2.75) is 13.3 Å². The van der Waals surface area contributed by atoms with Crippen LogP contribution < -0.4 is 15.4 Å². The Morgan fingerprint density at radius 2 is 1.82 bits per heavy atom. The number of carbonyl (C=O) groups is 2. The minimum Gasteiger partial charge on any atom is -0.495 e. The van der Waals surface area contributed by atoms with Gasteiger partial charge in [-0.2, -0.15) is 0 Å². The molecule has 2 aromatic rings. The molecule has 5 nitrogen and oxygen atoms in total. The molecule has 114 valence electrons. The summed E-state index contributed by atoms with van der Waals surface area (Å²) in [6.07, 6.45) is 0.387. The number of nitrogens with one attached hydrogen (secondary N) is 2. The van der Waals surface area contributed by atoms with Gasteiger partial charge in [0.2, 0.25) is 5.91 Å². The maximum absolute atomic E-state index is 12.3. The van der Waals surface area contributed by atoms with Crippen LogP contribution in [0.15, 0.2) is 48.5 Å². The molecule has 0 unspecified atom stereocenters. The molecule has 0 saturated heterocycles. The van der Waals surface area contributed by atoms with Crippen LogP contribution in [0, 0.1) is 0 Å². The molecular weight excluding hydrogens is 280 g/mol. The molecule has 5 heteroatoms. The Hall–Kier alpha value is -2.82. The predicted octanol–water partition coefficient (Wildman–Crippen LogP) is 3.30. The normalized spacial score (nSPS) is 9.91. The minimum absolute atomic E-state index is 0.0951. The second-order valence-corrected chi connectivity index (χ2v) is 4.64. The van der Waals surface area contributed by atoms with Crippen LogP contribution in [0.4, 0.5) is 11.4 Å². The van der Waals surface area contributed by atoms with Crippen LogP contribution in [0.2, 0.25) is 0 Å². The van der Waals surface area contributed by atoms with E-state index in [4.69, 9.17) is 4.74 Å². The third kappa shape index (κ3) is 3.85. The fraction of sp³-hybridized carbons (Fsp3) is 0.176. The van der Waals surface area contributed by atoms with E-state index >= 15 is 0 Å². The number of anilines is 2. The number of para-hydroxylation sites is 2. The summed E-state index contributed by atoms with van der Waals surface area (Å²) in [5, 5.41) is 5.53. The van der Waals surface area contributed by atoms with E-state index < -0.39 is 0 Å². The maximum Gasteiger partial charge on any atom is 0.255 e. The van der Waals surface area contributed by atoms with Crippen LogP contribution >= 0.6 is 0 Å². The van der Waals surface area contributed by atoms with E-state index in [1.54, 1.807) is 50.4 Å². The van der Waals surface area contributed by atoms with E-state index in [2.05, 4.69) is 10.6 Å². The van der Waals surface area contributed by atoms with Crippen molar-refractivity contribution in [3.05, 3.63) is 54.1 Å². The lowest BCUT2D eigenvalue weighted by molar-refractivity contribution is -0.115. The summed E-state index contributed by atoms with van der Waals surface area (Å²) in [6, 6.07) is 14.0. The standard InChI is InChI=1S/C17H18N2O3/c1-3-16(20)18-13-8-6-7-12(11-13)17(21)19-14-9-4-5-10-15(14)22-2/h4-11H,3H2,1-2H3,(H,18,20)(H,19,21). The van der Waals surface area contributed by atoms with Gasteiger partial charge in [0.25, 0.3) is 5.91 Å². The average Bonchev–Trinajstić information content (AvgIpc) is 2.55. The highest BCUT2D eigenvalue weighted by Gasteiger charge is 2.10. The Morgan fingerprint density at radius 1 is 1.05 bits per heavy atom. The molecule has 0 aliphatic rings. The van der Waals surface area contributed by atoms with Crippen molar-refractivity contribution in [1.82, 2.24) is 0 Å². The zero-order valence-corrected chi connectivity index (χ0v) is 12.6. The molecule has 2 aromatic carbocycles. The molecule has 0 atom stereocenters. The Bertz CT molecular complexity index is 683. The van der Waals surface area contributed by atoms with Crippen LogP contribution in [-0.2, 0) is 4.79 Å². The molecule has 0 bridgehead atoms. The quantitative estimate of drug-likeness (QED) is 0.890. The monoisotopic (exact) mass is 298 g/mol. The summed E-state index contributed by atoms with van der Waals surface area (Å²) >= 11 is 0. The highest BCUT2D eigenvalue weighted by atomic mass is 16.5. The Labute approximate surface area is 129 Å². The zero-order valence-electron chi connectivity index (χ0n) is 12.6. The van der Waals surface area contributed by atoms with Crippen LogP contribution in [0.5, 0.6) is 5.75 Å². The lowest BCUT2D eigenvalue weighted by atomic mass is 10.1. The molecular formula is C17H18N2O3. The first-order valence-electron chi connectivity index (χ1n) is 6.98. The first kappa shape index (κ1) is 15.6. The number of rotatable bonds is 5. The Balaban J connectivity index is 2.16. The first-order valence-corrected chi connectivity index (χ1v) is 6.98. The number of amides is 2. The molecule has 0 heterocycles. The van der Waals surface area contributed by atoms with Gasteiger partial charge in [-0.3, -0.25) is 9.59 Å². The number of ether oxygens (including phenoxy) is 1. The van der Waals surface area contributed by atoms with Gasteiger partial charge in [-0.15, -0.1) is 0 Å². The average molecular weight is 298 g/mol. The molecule has 0 saturated carbocycles. The molecule has 0 aliphatic carbocycles. The predicted molar refractivity (Wildman–Crippen MR) is 86.3 cm³/mol. The second-order valence-electron chi connectivity index (χ2n) is 4.64. The van der Waals surface area contributed by atoms with E-state index in [0.717, 1.165) is 0 Å². The number of methoxy groups -OCH3 is 1. The van der Waals surface area contributed by atoms with Gasteiger partial charge >= 0.3 is 0 Å². The molecule has 2 rings (SSSR count). The van der Waals surface area contributed by atoms with Gasteiger partial charge in [0.1, 0.15) is 5.75 Å². The Kier molecular flexibility index (Phi) is 5.14. The summed E-state index contributed by atoms with van der Waals surface area (Å²) in [5.41, 5.74) is 1.65. The van der Waals surface area contributed by atoms with Gasteiger partial charge in [-0.1, -0.05) is 25.1 Å². The summed E-state index contributed by atoms with van der Waals surface area (Å²) in [7, 11) is 1.55. The van der Waals surface area contributed by atoms with E-state index in [1.165, 1.54) is 0 Å². The summed E-state index contributed by atoms with van der Waals surface area (Å²) in [6.45, 7) is 1.77. The summed E-state index contributed by atoms with van der Waals surface area (Å²) in [4.78, 5) is 23.7. The first-order chi connectivity index (χ1) is 10.6. The van der Waals surface area contributed by atoms with Crippen molar-refractivity contribution in [3.8, 4) is 5.75 Å². The number of hydrogen-bond donors (Lipinski definition) is 2. The fourth-order valence-electron chi connectivity index (χ4n) is 1.93. The van der Waals surface area contributed by atoms with E-state index in [9.17, 15) is 9.59 Å². The summed E-state index contributed by atoms with van der Waals surface area (Å²) < 4.78 is 5.20. The molecule has 22 heavy (non-hydrogen) atoms. The molecule has 0 aromatic heterocycles. The van der Waals surface area contributed by atoms with E-state index in [-0.39, 0.29) is 11.8 Å². The van der Waals surface area contributed by atoms with Crippen LogP contribution in [-0.4, -0.2) is 18.9 Å². The van der Waals surface area contributed by atoms with Crippen molar-refractivity contribution in [1.29, 1.82) is 0 Å². The number of carbonyl (C=O) groups excluding carboxylic acids is 2. The van der Waals surface area contributed by atoms with Gasteiger partial charge in [-0.25, -0.2) is 0 Å². The fourth-order valence-corrected chi connectivity index (χ4v) is 1.93. The lowest BCUT2D eigenvalue weighted by Crippen LogP contribution is -2.14. The third-order valence-corrected chi connectivity index (χ3v) is 3.08. The van der Waals surface area contributed by atoms with Gasteiger partial charge < -0.3 is 15.4 Å². The lowest BCUT2D eigenvalue weighted by Gasteiger charge is -2.10. The van der Waals surface area contributed by atoms with Gasteiger partial charge in [0.15, 0.2) is 0 Å². The molecule has 2 amide bonds. The largest absolute Gasteiger partial charge is 0.495 e.